The molecule has 1 nitrogen and oxygen atoms in total. The van der Waals surface area contributed by atoms with E-state index >= 15 is 0 Å². The molecule has 0 aromatic rings. The van der Waals surface area contributed by atoms with Crippen molar-refractivity contribution in [3.63, 3.8) is 0 Å². The Bertz CT molecular complexity index is 82.4. The van der Waals surface area contributed by atoms with Crippen LogP contribution in [-0.2, 0) is 0 Å². The van der Waals surface area contributed by atoms with E-state index in [0.717, 1.165) is 0 Å². The summed E-state index contributed by atoms with van der Waals surface area (Å²) in [6.45, 7) is 6.42. The van der Waals surface area contributed by atoms with Crippen LogP contribution in [0.1, 0.15) is 20.8 Å². The first kappa shape index (κ1) is 7.70. The second-order valence-electron chi connectivity index (χ2n) is 2.29. The third-order valence-electron chi connectivity index (χ3n) is 1.32. The minimum absolute atomic E-state index is 0.171. The third-order valence-corrected chi connectivity index (χ3v) is 1.32. The van der Waals surface area contributed by atoms with E-state index in [1.807, 2.05) is 13.0 Å². The van der Waals surface area contributed by atoms with Crippen LogP contribution >= 0.6 is 0 Å². The second kappa shape index (κ2) is 3.67. The van der Waals surface area contributed by atoms with E-state index < -0.39 is 0 Å². The van der Waals surface area contributed by atoms with Crippen LogP contribution in [-0.4, -0.2) is 11.7 Å². The van der Waals surface area contributed by atoms with Crippen LogP contribution in [0.5, 0.6) is 0 Å². The van der Waals surface area contributed by atoms with Gasteiger partial charge >= 0.3 is 0 Å². The summed E-state index contributed by atoms with van der Waals surface area (Å²) in [5.41, 5.74) is 1.26. The highest BCUT2D eigenvalue weighted by atomic mass is 16.2. The van der Waals surface area contributed by atoms with Crippen LogP contribution in [0.3, 0.4) is 0 Å². The maximum absolute atomic E-state index is 8.41. The van der Waals surface area contributed by atoms with E-state index in [1.165, 1.54) is 5.57 Å². The van der Waals surface area contributed by atoms with Gasteiger partial charge in [-0.05, 0) is 12.8 Å². The van der Waals surface area contributed by atoms with Gasteiger partial charge in [0.1, 0.15) is 0 Å². The molecule has 0 bridgehead atoms. The molecule has 0 aliphatic heterocycles. The van der Waals surface area contributed by atoms with Crippen molar-refractivity contribution in [2.45, 2.75) is 20.8 Å². The van der Waals surface area contributed by atoms with E-state index in [1.54, 1.807) is 0 Å². The smallest absolute Gasteiger partial charge is 0.0615 e. The predicted molar refractivity (Wildman–Crippen MR) is 35.7 cm³/mol. The van der Waals surface area contributed by atoms with Crippen molar-refractivity contribution in [3.05, 3.63) is 11.6 Å². The largest absolute Gasteiger partial charge is 0.392 e. The Balaban J connectivity index is 3.61. The monoisotopic (exact) mass is 114 g/mol. The zero-order valence-electron chi connectivity index (χ0n) is 5.81. The summed E-state index contributed by atoms with van der Waals surface area (Å²) in [6.07, 6.45) is 1.84. The minimum Gasteiger partial charge on any atom is -0.392 e. The highest BCUT2D eigenvalue weighted by Gasteiger charge is 1.92. The van der Waals surface area contributed by atoms with Gasteiger partial charge in [-0.15, -0.1) is 0 Å². The van der Waals surface area contributed by atoms with Gasteiger partial charge in [0.15, 0.2) is 0 Å². The fourth-order valence-corrected chi connectivity index (χ4v) is 0.380. The van der Waals surface area contributed by atoms with Gasteiger partial charge in [-0.3, -0.25) is 0 Å². The number of hydrogen-bond acceptors (Lipinski definition) is 1. The molecule has 0 fully saturated rings. The molecule has 0 spiro atoms. The van der Waals surface area contributed by atoms with Gasteiger partial charge in [0, 0.05) is 0 Å². The van der Waals surface area contributed by atoms with Crippen LogP contribution in [0.15, 0.2) is 11.6 Å². The average Bonchev–Trinajstić information content (AvgIpc) is 1.67. The van der Waals surface area contributed by atoms with Gasteiger partial charge in [-0.1, -0.05) is 25.5 Å². The van der Waals surface area contributed by atoms with Crippen molar-refractivity contribution in [3.8, 4) is 0 Å². The SMILES string of the molecule is C/C(=C\CO)C(C)C. The Labute approximate surface area is 51.0 Å². The third kappa shape index (κ3) is 2.80. The molecule has 0 saturated carbocycles. The van der Waals surface area contributed by atoms with Crippen molar-refractivity contribution in [1.82, 2.24) is 0 Å². The lowest BCUT2D eigenvalue weighted by molar-refractivity contribution is 0.341. The van der Waals surface area contributed by atoms with Crippen molar-refractivity contribution in [2.75, 3.05) is 6.61 Å². The van der Waals surface area contributed by atoms with E-state index in [4.69, 9.17) is 5.11 Å². The Morgan fingerprint density at radius 2 is 2.12 bits per heavy atom. The number of aliphatic hydroxyl groups excluding tert-OH is 1. The Hall–Kier alpha value is -0.300. The standard InChI is InChI=1S/C7H14O/c1-6(2)7(3)4-5-8/h4,6,8H,5H2,1-3H3/b7-4+. The zero-order valence-corrected chi connectivity index (χ0v) is 5.81. The fraction of sp³-hybridized carbons (Fsp3) is 0.714. The normalized spacial score (nSPS) is 12.9. The lowest BCUT2D eigenvalue weighted by Gasteiger charge is -2.01. The van der Waals surface area contributed by atoms with Crippen LogP contribution in [0.2, 0.25) is 0 Å². The molecule has 8 heavy (non-hydrogen) atoms. The maximum Gasteiger partial charge on any atom is 0.0615 e. The molecule has 0 aromatic heterocycles. The van der Waals surface area contributed by atoms with Crippen molar-refractivity contribution in [2.24, 2.45) is 5.92 Å². The summed E-state index contributed by atoms with van der Waals surface area (Å²) in [4.78, 5) is 0. The molecule has 0 aliphatic carbocycles. The predicted octanol–water partition coefficient (Wildman–Crippen LogP) is 1.58. The van der Waals surface area contributed by atoms with Gasteiger partial charge < -0.3 is 5.11 Å². The molecular weight excluding hydrogens is 100 g/mol. The van der Waals surface area contributed by atoms with Crippen molar-refractivity contribution >= 4 is 0 Å². The Morgan fingerprint density at radius 3 is 2.25 bits per heavy atom. The first-order chi connectivity index (χ1) is 3.68. The molecule has 0 heterocycles. The first-order valence-electron chi connectivity index (χ1n) is 2.96. The molecule has 0 saturated heterocycles. The number of hydrogen-bond donors (Lipinski definition) is 1. The second-order valence-corrected chi connectivity index (χ2v) is 2.29. The summed E-state index contributed by atoms with van der Waals surface area (Å²) >= 11 is 0. The van der Waals surface area contributed by atoms with Crippen molar-refractivity contribution < 1.29 is 5.11 Å². The van der Waals surface area contributed by atoms with Crippen LogP contribution in [0, 0.1) is 5.92 Å². The molecule has 0 radical (unpaired) electrons. The topological polar surface area (TPSA) is 20.2 Å². The molecule has 0 rings (SSSR count). The Kier molecular flexibility index (Phi) is 3.53. The quantitative estimate of drug-likeness (QED) is 0.540. The molecule has 0 amide bonds. The van der Waals surface area contributed by atoms with Gasteiger partial charge in [-0.25, -0.2) is 0 Å². The number of allylic oxidation sites excluding steroid dienone is 1. The van der Waals surface area contributed by atoms with Crippen molar-refractivity contribution in [1.29, 1.82) is 0 Å². The summed E-state index contributed by atoms with van der Waals surface area (Å²) in [5.74, 6) is 0.571. The van der Waals surface area contributed by atoms with E-state index in [-0.39, 0.29) is 6.61 Å². The summed E-state index contributed by atoms with van der Waals surface area (Å²) in [5, 5.41) is 8.41. The van der Waals surface area contributed by atoms with Crippen LogP contribution < -0.4 is 0 Å². The first-order valence-corrected chi connectivity index (χ1v) is 2.96. The van der Waals surface area contributed by atoms with Gasteiger partial charge in [-0.2, -0.15) is 0 Å². The van der Waals surface area contributed by atoms with E-state index in [0.29, 0.717) is 5.92 Å². The van der Waals surface area contributed by atoms with Crippen LogP contribution in [0.25, 0.3) is 0 Å². The number of rotatable bonds is 2. The summed E-state index contributed by atoms with van der Waals surface area (Å²) in [6, 6.07) is 0. The maximum atomic E-state index is 8.41. The average molecular weight is 114 g/mol. The molecular formula is C7H14O. The summed E-state index contributed by atoms with van der Waals surface area (Å²) < 4.78 is 0. The van der Waals surface area contributed by atoms with E-state index in [2.05, 4.69) is 13.8 Å². The highest BCUT2D eigenvalue weighted by Crippen LogP contribution is 2.05. The molecule has 48 valence electrons. The van der Waals surface area contributed by atoms with Gasteiger partial charge in [0.05, 0.1) is 6.61 Å². The number of aliphatic hydroxyl groups is 1. The molecule has 0 aliphatic rings. The molecule has 0 unspecified atom stereocenters. The molecule has 0 aromatic carbocycles. The highest BCUT2D eigenvalue weighted by molar-refractivity contribution is 5.00. The zero-order chi connectivity index (χ0) is 6.57. The lowest BCUT2D eigenvalue weighted by Crippen LogP contribution is -1.89. The van der Waals surface area contributed by atoms with E-state index in [9.17, 15) is 0 Å². The van der Waals surface area contributed by atoms with Gasteiger partial charge in [0.2, 0.25) is 0 Å². The fourth-order valence-electron chi connectivity index (χ4n) is 0.380. The molecule has 0 atom stereocenters. The molecule has 1 heteroatoms. The summed E-state index contributed by atoms with van der Waals surface area (Å²) in [7, 11) is 0. The van der Waals surface area contributed by atoms with Crippen LogP contribution in [0.4, 0.5) is 0 Å². The van der Waals surface area contributed by atoms with Gasteiger partial charge in [0.25, 0.3) is 0 Å². The Morgan fingerprint density at radius 1 is 1.62 bits per heavy atom. The lowest BCUT2D eigenvalue weighted by atomic mass is 10.1. The minimum atomic E-state index is 0.171. The molecule has 1 N–H and O–H groups in total.